The van der Waals surface area contributed by atoms with Crippen LogP contribution in [-0.2, 0) is 17.4 Å². The molecule has 0 fully saturated rings. The van der Waals surface area contributed by atoms with E-state index >= 15 is 0 Å². The molecule has 1 aromatic rings. The van der Waals surface area contributed by atoms with Crippen LogP contribution in [-0.4, -0.2) is 4.31 Å². The molecule has 1 aromatic carbocycles. The summed E-state index contributed by atoms with van der Waals surface area (Å²) in [5, 5.41) is 0. The van der Waals surface area contributed by atoms with Gasteiger partial charge in [0.15, 0.2) is 0 Å². The van der Waals surface area contributed by atoms with Crippen molar-refractivity contribution in [3.05, 3.63) is 63.6 Å². The summed E-state index contributed by atoms with van der Waals surface area (Å²) in [6.07, 6.45) is 12.8. The quantitative estimate of drug-likeness (QED) is 0.700. The van der Waals surface area contributed by atoms with Gasteiger partial charge in [0.1, 0.15) is 0 Å². The summed E-state index contributed by atoms with van der Waals surface area (Å²) < 4.78 is 4.91. The van der Waals surface area contributed by atoms with Crippen molar-refractivity contribution in [2.75, 3.05) is 0 Å². The summed E-state index contributed by atoms with van der Waals surface area (Å²) in [5.41, 5.74) is 2.98. The van der Waals surface area contributed by atoms with Crippen molar-refractivity contribution in [2.45, 2.75) is 17.6 Å². The van der Waals surface area contributed by atoms with Gasteiger partial charge in [-0.1, -0.05) is 0 Å². The molecule has 1 unspecified atom stereocenters. The summed E-state index contributed by atoms with van der Waals surface area (Å²) >= 11 is -1.27. The van der Waals surface area contributed by atoms with Crippen LogP contribution in [0.1, 0.15) is 28.7 Å². The van der Waals surface area contributed by atoms with Gasteiger partial charge >= 0.3 is 109 Å². The Morgan fingerprint density at radius 2 is 2.18 bits per heavy atom. The number of fused-ring (bicyclic) bond motifs is 1. The molecule has 0 aliphatic heterocycles. The molecule has 0 saturated carbocycles. The third-order valence-electron chi connectivity index (χ3n) is 3.59. The van der Waals surface area contributed by atoms with Crippen LogP contribution < -0.4 is 0 Å². The van der Waals surface area contributed by atoms with E-state index in [1.165, 1.54) is 12.0 Å². The van der Waals surface area contributed by atoms with Crippen LogP contribution in [0.25, 0.3) is 6.08 Å². The zero-order valence-corrected chi connectivity index (χ0v) is 11.6. The molecule has 0 aromatic heterocycles. The van der Waals surface area contributed by atoms with Crippen molar-refractivity contribution < 1.29 is 17.4 Å². The van der Waals surface area contributed by atoms with Gasteiger partial charge in [0.2, 0.25) is 0 Å². The first kappa shape index (κ1) is 11.1. The van der Waals surface area contributed by atoms with E-state index in [9.17, 15) is 0 Å². The van der Waals surface area contributed by atoms with E-state index in [-0.39, 0.29) is 0 Å². The SMILES string of the molecule is C/[CH]=[Ti](\[C]1=CC=CC1)[CH]1C=Cc2ccccc21. The third kappa shape index (κ3) is 1.96. The maximum absolute atomic E-state index is 2.51. The van der Waals surface area contributed by atoms with E-state index in [2.05, 4.69) is 65.9 Å². The van der Waals surface area contributed by atoms with Gasteiger partial charge in [0.05, 0.1) is 0 Å². The van der Waals surface area contributed by atoms with Crippen molar-refractivity contribution in [3.8, 4) is 0 Å². The minimum atomic E-state index is -1.27. The zero-order chi connectivity index (χ0) is 11.7. The number of benzene rings is 1. The number of rotatable bonds is 2. The number of allylic oxidation sites excluding steroid dienone is 5. The maximum atomic E-state index is 2.51. The Kier molecular flexibility index (Phi) is 3.09. The minimum absolute atomic E-state index is 0.697. The average Bonchev–Trinajstić information content (AvgIpc) is 3.01. The second-order valence-electron chi connectivity index (χ2n) is 4.53. The van der Waals surface area contributed by atoms with E-state index in [4.69, 9.17) is 0 Å². The Morgan fingerprint density at radius 1 is 1.29 bits per heavy atom. The fourth-order valence-corrected chi connectivity index (χ4v) is 6.92. The first-order chi connectivity index (χ1) is 8.40. The zero-order valence-electron chi connectivity index (χ0n) is 10.1. The van der Waals surface area contributed by atoms with Crippen molar-refractivity contribution in [3.63, 3.8) is 0 Å². The van der Waals surface area contributed by atoms with Crippen LogP contribution in [0.4, 0.5) is 0 Å². The van der Waals surface area contributed by atoms with Gasteiger partial charge in [0, 0.05) is 0 Å². The molecule has 1 atom stereocenters. The molecule has 0 saturated heterocycles. The molecular weight excluding hydrogens is 240 g/mol. The van der Waals surface area contributed by atoms with Crippen LogP contribution in [0.3, 0.4) is 0 Å². The van der Waals surface area contributed by atoms with Gasteiger partial charge in [-0.2, -0.15) is 0 Å². The molecule has 0 radical (unpaired) electrons. The first-order valence-corrected chi connectivity index (χ1v) is 8.78. The van der Waals surface area contributed by atoms with Crippen LogP contribution in [0, 0.1) is 0 Å². The topological polar surface area (TPSA) is 0 Å². The van der Waals surface area contributed by atoms with E-state index in [1.54, 1.807) is 9.44 Å². The number of hydrogen-bond donors (Lipinski definition) is 0. The molecule has 2 aliphatic carbocycles. The standard InChI is InChI=1S/C9H7.C5H5.C2H4.Ti/c1-2-5-9-7-3-6-8(9)4-1;1-2-4-5-3-1;1-2;/h1-7H;1-3H,4H2;1H,2H3;. The van der Waals surface area contributed by atoms with Gasteiger partial charge in [-0.15, -0.1) is 0 Å². The Morgan fingerprint density at radius 3 is 2.94 bits per heavy atom. The molecule has 0 spiro atoms. The van der Waals surface area contributed by atoms with Crippen LogP contribution in [0.2, 0.25) is 0 Å². The Balaban J connectivity index is 1.99. The predicted octanol–water partition coefficient (Wildman–Crippen LogP) is 4.04. The molecule has 17 heavy (non-hydrogen) atoms. The summed E-state index contributed by atoms with van der Waals surface area (Å²) in [4.78, 5) is 0. The van der Waals surface area contributed by atoms with Gasteiger partial charge in [-0.3, -0.25) is 0 Å². The van der Waals surface area contributed by atoms with Crippen molar-refractivity contribution in [2.24, 2.45) is 0 Å². The Hall–Kier alpha value is -0.976. The molecule has 0 nitrogen and oxygen atoms in total. The second-order valence-corrected chi connectivity index (χ2v) is 8.83. The van der Waals surface area contributed by atoms with E-state index < -0.39 is 17.4 Å². The fraction of sp³-hybridized carbons (Fsp3) is 0.188. The van der Waals surface area contributed by atoms with Gasteiger partial charge in [-0.25, -0.2) is 0 Å². The second kappa shape index (κ2) is 4.72. The van der Waals surface area contributed by atoms with E-state index in [1.807, 2.05) is 0 Å². The molecule has 1 heteroatoms. The van der Waals surface area contributed by atoms with Gasteiger partial charge < -0.3 is 0 Å². The van der Waals surface area contributed by atoms with Crippen molar-refractivity contribution in [1.29, 1.82) is 0 Å². The normalized spacial score (nSPS) is 21.8. The van der Waals surface area contributed by atoms with Gasteiger partial charge in [0.25, 0.3) is 0 Å². The molecular formula is C16H16Ti. The first-order valence-electron chi connectivity index (χ1n) is 6.19. The molecule has 84 valence electrons. The summed E-state index contributed by atoms with van der Waals surface area (Å²) in [7, 11) is 0. The Bertz CT molecular complexity index is 559. The van der Waals surface area contributed by atoms with Crippen LogP contribution in [0.5, 0.6) is 0 Å². The van der Waals surface area contributed by atoms with Gasteiger partial charge in [-0.05, 0) is 0 Å². The summed E-state index contributed by atoms with van der Waals surface area (Å²) in [6, 6.07) is 8.85. The van der Waals surface area contributed by atoms with Crippen molar-refractivity contribution in [1.82, 2.24) is 0 Å². The van der Waals surface area contributed by atoms with Crippen molar-refractivity contribution >= 4 is 10.4 Å². The summed E-state index contributed by atoms with van der Waals surface area (Å²) in [5.74, 6) is 0. The molecule has 0 amide bonds. The molecule has 0 N–H and O–H groups in total. The van der Waals surface area contributed by atoms with E-state index in [0.717, 1.165) is 0 Å². The molecule has 0 heterocycles. The predicted molar refractivity (Wildman–Crippen MR) is 71.8 cm³/mol. The molecule has 0 bridgehead atoms. The van der Waals surface area contributed by atoms with Crippen LogP contribution >= 0.6 is 0 Å². The van der Waals surface area contributed by atoms with E-state index in [0.29, 0.717) is 4.22 Å². The molecule has 2 aliphatic rings. The third-order valence-corrected chi connectivity index (χ3v) is 8.13. The van der Waals surface area contributed by atoms with Crippen LogP contribution in [0.15, 0.2) is 52.4 Å². The monoisotopic (exact) mass is 256 g/mol. The number of hydrogen-bond acceptors (Lipinski definition) is 0. The molecule has 3 rings (SSSR count). The average molecular weight is 256 g/mol. The fourth-order valence-electron chi connectivity index (χ4n) is 2.75. The summed E-state index contributed by atoms with van der Waals surface area (Å²) in [6.45, 7) is 2.25. The Labute approximate surface area is 109 Å².